The van der Waals surface area contributed by atoms with Crippen molar-refractivity contribution in [2.45, 2.75) is 25.7 Å². The number of aromatic nitrogens is 2. The molecule has 26 heavy (non-hydrogen) atoms. The van der Waals surface area contributed by atoms with Crippen molar-refractivity contribution < 1.29 is 4.79 Å². The number of nitrogens with zero attached hydrogens (tertiary/aromatic N) is 2. The normalized spacial score (nSPS) is 10.7. The molecule has 0 aliphatic carbocycles. The summed E-state index contributed by atoms with van der Waals surface area (Å²) in [6.07, 6.45) is 4.62. The highest BCUT2D eigenvalue weighted by molar-refractivity contribution is 7.09. The van der Waals surface area contributed by atoms with Crippen LogP contribution in [0.3, 0.4) is 0 Å². The van der Waals surface area contributed by atoms with Crippen LogP contribution in [0.2, 0.25) is 5.02 Å². The molecule has 0 saturated carbocycles. The van der Waals surface area contributed by atoms with Gasteiger partial charge in [-0.1, -0.05) is 29.8 Å². The number of pyridine rings is 1. The molecule has 1 amide bonds. The molecule has 0 spiro atoms. The summed E-state index contributed by atoms with van der Waals surface area (Å²) in [5.74, 6) is 0.000500. The van der Waals surface area contributed by atoms with Gasteiger partial charge < -0.3 is 5.32 Å². The fraction of sp³-hybridized carbons (Fsp3) is 0.250. The topological polar surface area (TPSA) is 54.9 Å². The molecule has 1 aromatic carbocycles. The average molecular weight is 386 g/mol. The second-order valence-corrected chi connectivity index (χ2v) is 7.34. The van der Waals surface area contributed by atoms with E-state index in [0.717, 1.165) is 46.2 Å². The van der Waals surface area contributed by atoms with E-state index in [4.69, 9.17) is 11.6 Å². The van der Waals surface area contributed by atoms with Crippen molar-refractivity contribution >= 4 is 28.8 Å². The molecule has 0 bridgehead atoms. The molecule has 2 heterocycles. The third-order valence-electron chi connectivity index (χ3n) is 3.91. The number of carbonyl (C=O) groups is 1. The highest BCUT2D eigenvalue weighted by Gasteiger charge is 2.08. The van der Waals surface area contributed by atoms with Gasteiger partial charge >= 0.3 is 0 Å². The lowest BCUT2D eigenvalue weighted by Crippen LogP contribution is -2.27. The van der Waals surface area contributed by atoms with Crippen molar-refractivity contribution in [1.29, 1.82) is 0 Å². The molecular formula is C20H20ClN3OS. The Morgan fingerprint density at radius 3 is 2.65 bits per heavy atom. The number of hydrogen-bond donors (Lipinski definition) is 1. The number of hydrogen-bond acceptors (Lipinski definition) is 4. The number of carbonyl (C=O) groups excluding carboxylic acids is 1. The smallest absolute Gasteiger partial charge is 0.226 e. The van der Waals surface area contributed by atoms with Crippen molar-refractivity contribution in [2.75, 3.05) is 6.54 Å². The van der Waals surface area contributed by atoms with E-state index < -0.39 is 0 Å². The van der Waals surface area contributed by atoms with Crippen LogP contribution in [0.4, 0.5) is 0 Å². The first-order valence-corrected chi connectivity index (χ1v) is 9.79. The summed E-state index contributed by atoms with van der Waals surface area (Å²) < 4.78 is 0. The Kier molecular flexibility index (Phi) is 6.75. The van der Waals surface area contributed by atoms with Crippen LogP contribution in [0.5, 0.6) is 0 Å². The van der Waals surface area contributed by atoms with Gasteiger partial charge in [0.15, 0.2) is 0 Å². The SMILES string of the molecule is O=C(Cc1csc(CCc2ccccn2)n1)NCCc1ccc(Cl)cc1. The molecule has 4 nitrogen and oxygen atoms in total. The van der Waals surface area contributed by atoms with Crippen LogP contribution < -0.4 is 5.32 Å². The summed E-state index contributed by atoms with van der Waals surface area (Å²) in [5.41, 5.74) is 3.04. The van der Waals surface area contributed by atoms with Gasteiger partial charge in [0, 0.05) is 35.3 Å². The summed E-state index contributed by atoms with van der Waals surface area (Å²) in [6.45, 7) is 0.608. The van der Waals surface area contributed by atoms with Gasteiger partial charge in [0.1, 0.15) is 0 Å². The maximum atomic E-state index is 12.1. The minimum absolute atomic E-state index is 0.000500. The molecule has 0 aliphatic rings. The van der Waals surface area contributed by atoms with E-state index in [1.807, 2.05) is 47.8 Å². The van der Waals surface area contributed by atoms with E-state index in [2.05, 4.69) is 15.3 Å². The third kappa shape index (κ3) is 5.93. The zero-order chi connectivity index (χ0) is 18.2. The Balaban J connectivity index is 1.40. The maximum Gasteiger partial charge on any atom is 0.226 e. The van der Waals surface area contributed by atoms with Gasteiger partial charge in [0.25, 0.3) is 0 Å². The largest absolute Gasteiger partial charge is 0.355 e. The fourth-order valence-electron chi connectivity index (χ4n) is 2.55. The standard InChI is InChI=1S/C20H20ClN3OS/c21-16-6-4-15(5-7-16)10-12-23-19(25)13-18-14-26-20(24-18)9-8-17-3-1-2-11-22-17/h1-7,11,14H,8-10,12-13H2,(H,23,25). The van der Waals surface area contributed by atoms with Gasteiger partial charge in [-0.2, -0.15) is 0 Å². The van der Waals surface area contributed by atoms with Crippen molar-refractivity contribution in [1.82, 2.24) is 15.3 Å². The predicted octanol–water partition coefficient (Wildman–Crippen LogP) is 3.88. The molecule has 0 unspecified atom stereocenters. The molecule has 6 heteroatoms. The summed E-state index contributed by atoms with van der Waals surface area (Å²) in [7, 11) is 0. The first-order valence-electron chi connectivity index (χ1n) is 8.53. The Morgan fingerprint density at radius 2 is 1.88 bits per heavy atom. The Labute approximate surface area is 162 Å². The molecule has 1 N–H and O–H groups in total. The molecular weight excluding hydrogens is 366 g/mol. The fourth-order valence-corrected chi connectivity index (χ4v) is 3.47. The zero-order valence-electron chi connectivity index (χ0n) is 14.3. The van der Waals surface area contributed by atoms with Crippen LogP contribution in [-0.4, -0.2) is 22.4 Å². The van der Waals surface area contributed by atoms with Crippen molar-refractivity contribution in [3.63, 3.8) is 0 Å². The maximum absolute atomic E-state index is 12.1. The minimum Gasteiger partial charge on any atom is -0.355 e. The lowest BCUT2D eigenvalue weighted by molar-refractivity contribution is -0.120. The monoisotopic (exact) mass is 385 g/mol. The highest BCUT2D eigenvalue weighted by atomic mass is 35.5. The number of benzene rings is 1. The van der Waals surface area contributed by atoms with E-state index in [1.165, 1.54) is 0 Å². The van der Waals surface area contributed by atoms with Gasteiger partial charge in [0.05, 0.1) is 17.1 Å². The molecule has 0 aliphatic heterocycles. The number of amides is 1. The van der Waals surface area contributed by atoms with Gasteiger partial charge in [-0.15, -0.1) is 11.3 Å². The van der Waals surface area contributed by atoms with Crippen molar-refractivity contribution in [2.24, 2.45) is 0 Å². The van der Waals surface area contributed by atoms with E-state index in [0.29, 0.717) is 13.0 Å². The molecule has 2 aromatic heterocycles. The van der Waals surface area contributed by atoms with E-state index >= 15 is 0 Å². The van der Waals surface area contributed by atoms with Crippen LogP contribution in [-0.2, 0) is 30.5 Å². The van der Waals surface area contributed by atoms with Crippen molar-refractivity contribution in [3.8, 4) is 0 Å². The third-order valence-corrected chi connectivity index (χ3v) is 5.12. The van der Waals surface area contributed by atoms with Gasteiger partial charge in [-0.25, -0.2) is 4.98 Å². The highest BCUT2D eigenvalue weighted by Crippen LogP contribution is 2.13. The number of rotatable bonds is 8. The number of thiazole rings is 1. The zero-order valence-corrected chi connectivity index (χ0v) is 15.9. The van der Waals surface area contributed by atoms with E-state index in [-0.39, 0.29) is 5.91 Å². The number of nitrogens with one attached hydrogen (secondary N) is 1. The van der Waals surface area contributed by atoms with Crippen LogP contribution in [0, 0.1) is 0 Å². The second-order valence-electron chi connectivity index (χ2n) is 5.96. The van der Waals surface area contributed by atoms with E-state index in [1.54, 1.807) is 17.5 Å². The van der Waals surface area contributed by atoms with Crippen LogP contribution in [0.15, 0.2) is 54.0 Å². The summed E-state index contributed by atoms with van der Waals surface area (Å²) in [5, 5.41) is 6.67. The summed E-state index contributed by atoms with van der Waals surface area (Å²) in [6, 6.07) is 13.6. The Hall–Kier alpha value is -2.24. The van der Waals surface area contributed by atoms with Crippen molar-refractivity contribution in [3.05, 3.63) is 81.0 Å². The minimum atomic E-state index is 0.000500. The Morgan fingerprint density at radius 1 is 1.04 bits per heavy atom. The van der Waals surface area contributed by atoms with E-state index in [9.17, 15) is 4.79 Å². The molecule has 3 rings (SSSR count). The molecule has 0 radical (unpaired) electrons. The average Bonchev–Trinajstić information content (AvgIpc) is 3.10. The predicted molar refractivity (Wildman–Crippen MR) is 106 cm³/mol. The van der Waals surface area contributed by atoms with Crippen LogP contribution >= 0.6 is 22.9 Å². The van der Waals surface area contributed by atoms with Gasteiger partial charge in [0.2, 0.25) is 5.91 Å². The van der Waals surface area contributed by atoms with Gasteiger partial charge in [-0.3, -0.25) is 9.78 Å². The molecule has 0 saturated heterocycles. The lowest BCUT2D eigenvalue weighted by atomic mass is 10.1. The molecule has 134 valence electrons. The molecule has 3 aromatic rings. The molecule has 0 atom stereocenters. The van der Waals surface area contributed by atoms with Crippen LogP contribution in [0.25, 0.3) is 0 Å². The summed E-state index contributed by atoms with van der Waals surface area (Å²) in [4.78, 5) is 20.9. The first-order chi connectivity index (χ1) is 12.7. The quantitative estimate of drug-likeness (QED) is 0.640. The number of aryl methyl sites for hydroxylation is 2. The van der Waals surface area contributed by atoms with Gasteiger partial charge in [-0.05, 0) is 42.7 Å². The number of halogens is 1. The molecule has 0 fully saturated rings. The Bertz CT molecular complexity index is 834. The van der Waals surface area contributed by atoms with Crippen LogP contribution in [0.1, 0.15) is 22.0 Å². The summed E-state index contributed by atoms with van der Waals surface area (Å²) >= 11 is 7.47. The lowest BCUT2D eigenvalue weighted by Gasteiger charge is -2.04. The second kappa shape index (κ2) is 9.46. The first kappa shape index (κ1) is 18.5.